The van der Waals surface area contributed by atoms with Gasteiger partial charge in [0.25, 0.3) is 0 Å². The van der Waals surface area contributed by atoms with Crippen molar-refractivity contribution in [2.75, 3.05) is 14.2 Å². The second-order valence-corrected chi connectivity index (χ2v) is 5.93. The molecule has 0 N–H and O–H groups in total. The Balaban J connectivity index is 3.66. The van der Waals surface area contributed by atoms with Gasteiger partial charge in [0, 0.05) is 11.0 Å². The number of methoxy groups -OCH3 is 2. The Bertz CT molecular complexity index is 576. The molecule has 2 atom stereocenters. The molecule has 0 spiro atoms. The van der Waals surface area contributed by atoms with Crippen molar-refractivity contribution in [2.45, 2.75) is 32.6 Å². The summed E-state index contributed by atoms with van der Waals surface area (Å²) in [5, 5.41) is 0. The molecule has 3 nitrogen and oxygen atoms in total. The van der Waals surface area contributed by atoms with E-state index >= 15 is 0 Å². The molecule has 0 aliphatic heterocycles. The van der Waals surface area contributed by atoms with Gasteiger partial charge in [0.05, 0.1) is 19.6 Å². The number of aryl methyl sites for hydroxylation is 1. The fourth-order valence-corrected chi connectivity index (χ4v) is 2.88. The predicted molar refractivity (Wildman–Crippen MR) is 90.2 cm³/mol. The maximum absolute atomic E-state index is 12.5. The van der Waals surface area contributed by atoms with Gasteiger partial charge in [-0.25, -0.2) is 0 Å². The number of carbonyl (C=O) groups is 1. The summed E-state index contributed by atoms with van der Waals surface area (Å²) in [6, 6.07) is 5.93. The maximum atomic E-state index is 12.5. The number of esters is 1. The Morgan fingerprint density at radius 1 is 1.27 bits per heavy atom. The first kappa shape index (κ1) is 18.0. The van der Waals surface area contributed by atoms with Gasteiger partial charge in [0.15, 0.2) is 0 Å². The minimum atomic E-state index is -0.827. The molecule has 0 aliphatic carbocycles. The molecule has 22 heavy (non-hydrogen) atoms. The van der Waals surface area contributed by atoms with Gasteiger partial charge >= 0.3 is 5.97 Å². The summed E-state index contributed by atoms with van der Waals surface area (Å²) in [5.74, 6) is 0.436. The molecule has 0 amide bonds. The summed E-state index contributed by atoms with van der Waals surface area (Å²) in [6.07, 6.45) is 4.00. The van der Waals surface area contributed by atoms with Crippen LogP contribution in [0.25, 0.3) is 0 Å². The van der Waals surface area contributed by atoms with Crippen LogP contribution in [0.4, 0.5) is 0 Å². The number of rotatable bonds is 7. The van der Waals surface area contributed by atoms with Crippen LogP contribution in [-0.2, 0) is 14.9 Å². The van der Waals surface area contributed by atoms with Gasteiger partial charge in [-0.3, -0.25) is 4.79 Å². The minimum absolute atomic E-state index is 0.293. The molecule has 0 bridgehead atoms. The monoisotopic (exact) mass is 302 g/mol. The average Bonchev–Trinajstić information content (AvgIpc) is 2.53. The third-order valence-electron chi connectivity index (χ3n) is 4.66. The van der Waals surface area contributed by atoms with E-state index in [0.717, 1.165) is 16.9 Å². The van der Waals surface area contributed by atoms with Crippen LogP contribution in [0, 0.1) is 12.3 Å². The van der Waals surface area contributed by atoms with Gasteiger partial charge in [0.2, 0.25) is 0 Å². The Labute approximate surface area is 133 Å². The lowest BCUT2D eigenvalue weighted by molar-refractivity contribution is -0.154. The quantitative estimate of drug-likeness (QED) is 0.559. The van der Waals surface area contributed by atoms with E-state index in [1.165, 1.54) is 7.11 Å². The van der Waals surface area contributed by atoms with Crippen LogP contribution in [0.1, 0.15) is 31.4 Å². The van der Waals surface area contributed by atoms with Crippen LogP contribution in [-0.4, -0.2) is 20.2 Å². The maximum Gasteiger partial charge on any atom is 0.313 e. The lowest BCUT2D eigenvalue weighted by Crippen LogP contribution is -2.46. The Hall–Kier alpha value is -2.03. The van der Waals surface area contributed by atoms with Crippen molar-refractivity contribution in [1.29, 1.82) is 0 Å². The Morgan fingerprint density at radius 3 is 2.36 bits per heavy atom. The molecule has 3 heteroatoms. The summed E-state index contributed by atoms with van der Waals surface area (Å²) < 4.78 is 10.6. The summed E-state index contributed by atoms with van der Waals surface area (Å²) in [6.45, 7) is 13.6. The number of benzene rings is 1. The van der Waals surface area contributed by atoms with Gasteiger partial charge in [-0.05, 0) is 26.3 Å². The van der Waals surface area contributed by atoms with Crippen LogP contribution in [0.5, 0.6) is 5.75 Å². The van der Waals surface area contributed by atoms with Crippen LogP contribution in [0.15, 0.2) is 43.5 Å². The highest BCUT2D eigenvalue weighted by Crippen LogP contribution is 2.49. The second-order valence-electron chi connectivity index (χ2n) is 5.93. The van der Waals surface area contributed by atoms with E-state index in [4.69, 9.17) is 9.47 Å². The first-order chi connectivity index (χ1) is 10.3. The van der Waals surface area contributed by atoms with Crippen LogP contribution < -0.4 is 4.74 Å². The predicted octanol–water partition coefficient (Wildman–Crippen LogP) is 4.20. The summed E-state index contributed by atoms with van der Waals surface area (Å²) in [5.41, 5.74) is 0.521. The van der Waals surface area contributed by atoms with Gasteiger partial charge < -0.3 is 9.47 Å². The normalized spacial score (nSPS) is 16.0. The fourth-order valence-electron chi connectivity index (χ4n) is 2.88. The average molecular weight is 302 g/mol. The SMILES string of the molecule is C=CCC(C)(C(=O)OC)C(C)(C=C)c1cc(C)ccc1OC. The third kappa shape index (κ3) is 2.80. The lowest BCUT2D eigenvalue weighted by atomic mass is 9.60. The Kier molecular flexibility index (Phi) is 5.59. The Morgan fingerprint density at radius 2 is 1.91 bits per heavy atom. The van der Waals surface area contributed by atoms with Crippen molar-refractivity contribution >= 4 is 5.97 Å². The van der Waals surface area contributed by atoms with Gasteiger partial charge in [-0.15, -0.1) is 13.2 Å². The summed E-state index contributed by atoms with van der Waals surface area (Å²) in [4.78, 5) is 12.5. The minimum Gasteiger partial charge on any atom is -0.496 e. The van der Waals surface area contributed by atoms with Crippen molar-refractivity contribution in [2.24, 2.45) is 5.41 Å². The van der Waals surface area contributed by atoms with Gasteiger partial charge in [-0.1, -0.05) is 36.8 Å². The van der Waals surface area contributed by atoms with Gasteiger partial charge in [-0.2, -0.15) is 0 Å². The van der Waals surface area contributed by atoms with E-state index in [1.807, 2.05) is 39.0 Å². The molecular weight excluding hydrogens is 276 g/mol. The van der Waals surface area contributed by atoms with E-state index in [9.17, 15) is 4.79 Å². The molecule has 1 aromatic carbocycles. The van der Waals surface area contributed by atoms with Crippen molar-refractivity contribution in [3.05, 3.63) is 54.6 Å². The van der Waals surface area contributed by atoms with E-state index < -0.39 is 10.8 Å². The van der Waals surface area contributed by atoms with Crippen molar-refractivity contribution in [3.8, 4) is 5.75 Å². The first-order valence-corrected chi connectivity index (χ1v) is 7.28. The topological polar surface area (TPSA) is 35.5 Å². The number of ether oxygens (including phenoxy) is 2. The summed E-state index contributed by atoms with van der Waals surface area (Å²) in [7, 11) is 3.03. The van der Waals surface area contributed by atoms with Crippen molar-refractivity contribution in [3.63, 3.8) is 0 Å². The lowest BCUT2D eigenvalue weighted by Gasteiger charge is -2.43. The molecule has 0 aliphatic rings. The molecule has 0 saturated carbocycles. The highest BCUT2D eigenvalue weighted by atomic mass is 16.5. The number of hydrogen-bond acceptors (Lipinski definition) is 3. The van der Waals surface area contributed by atoms with Gasteiger partial charge in [0.1, 0.15) is 5.75 Å². The second kappa shape index (κ2) is 6.82. The van der Waals surface area contributed by atoms with E-state index in [0.29, 0.717) is 6.42 Å². The highest BCUT2D eigenvalue weighted by Gasteiger charge is 2.50. The molecule has 1 aromatic rings. The third-order valence-corrected chi connectivity index (χ3v) is 4.66. The zero-order valence-electron chi connectivity index (χ0n) is 14.2. The number of carbonyl (C=O) groups excluding carboxylic acids is 1. The zero-order valence-corrected chi connectivity index (χ0v) is 14.2. The van der Waals surface area contributed by atoms with E-state index in [1.54, 1.807) is 19.3 Å². The smallest absolute Gasteiger partial charge is 0.313 e. The molecule has 0 fully saturated rings. The molecule has 0 saturated heterocycles. The first-order valence-electron chi connectivity index (χ1n) is 7.28. The molecule has 0 aromatic heterocycles. The van der Waals surface area contributed by atoms with Crippen molar-refractivity contribution < 1.29 is 14.3 Å². The molecular formula is C19H26O3. The van der Waals surface area contributed by atoms with E-state index in [2.05, 4.69) is 13.2 Å². The van der Waals surface area contributed by atoms with E-state index in [-0.39, 0.29) is 5.97 Å². The molecule has 1 rings (SSSR count). The zero-order chi connectivity index (χ0) is 17.0. The number of allylic oxidation sites excluding steroid dienone is 2. The van der Waals surface area contributed by atoms with Crippen molar-refractivity contribution in [1.82, 2.24) is 0 Å². The van der Waals surface area contributed by atoms with Crippen LogP contribution >= 0.6 is 0 Å². The summed E-state index contributed by atoms with van der Waals surface area (Å²) >= 11 is 0. The molecule has 0 radical (unpaired) electrons. The number of hydrogen-bond donors (Lipinski definition) is 0. The molecule has 0 heterocycles. The van der Waals surface area contributed by atoms with Crippen LogP contribution in [0.3, 0.4) is 0 Å². The molecule has 2 unspecified atom stereocenters. The highest BCUT2D eigenvalue weighted by molar-refractivity contribution is 5.80. The standard InChI is InChI=1S/C19H26O3/c1-8-12-19(5,17(20)22-7)18(4,9-2)15-13-14(3)10-11-16(15)21-6/h8-11,13H,1-2,12H2,3-7H3. The van der Waals surface area contributed by atoms with Crippen LogP contribution in [0.2, 0.25) is 0 Å². The largest absolute Gasteiger partial charge is 0.496 e. The fraction of sp³-hybridized carbons (Fsp3) is 0.421. The molecule has 120 valence electrons.